The predicted octanol–water partition coefficient (Wildman–Crippen LogP) is 3.98. The van der Waals surface area contributed by atoms with Crippen LogP contribution in [-0.4, -0.2) is 42.7 Å². The van der Waals surface area contributed by atoms with E-state index in [9.17, 15) is 4.79 Å². The van der Waals surface area contributed by atoms with Crippen LogP contribution in [0, 0.1) is 0 Å². The Morgan fingerprint density at radius 2 is 1.96 bits per heavy atom. The summed E-state index contributed by atoms with van der Waals surface area (Å²) in [6, 6.07) is 17.7. The third-order valence-electron chi connectivity index (χ3n) is 5.14. The second-order valence-electron chi connectivity index (χ2n) is 7.78. The Labute approximate surface area is 167 Å². The first-order valence-corrected chi connectivity index (χ1v) is 9.63. The number of carbonyl (C=O) groups is 1. The van der Waals surface area contributed by atoms with E-state index >= 15 is 0 Å². The normalized spacial score (nSPS) is 19.9. The van der Waals surface area contributed by atoms with E-state index in [1.807, 2.05) is 80.3 Å². The van der Waals surface area contributed by atoms with E-state index in [-0.39, 0.29) is 17.6 Å². The van der Waals surface area contributed by atoms with Crippen molar-refractivity contribution in [2.24, 2.45) is 0 Å². The van der Waals surface area contributed by atoms with Crippen LogP contribution in [0.2, 0.25) is 0 Å². The van der Waals surface area contributed by atoms with Gasteiger partial charge in [-0.05, 0) is 44.0 Å². The lowest BCUT2D eigenvalue weighted by molar-refractivity contribution is -0.166. The Kier molecular flexibility index (Phi) is 6.37. The maximum absolute atomic E-state index is 13.2. The van der Waals surface area contributed by atoms with E-state index < -0.39 is 6.10 Å². The number of hydrogen-bond donors (Lipinski definition) is 0. The van der Waals surface area contributed by atoms with Crippen LogP contribution in [0.15, 0.2) is 54.6 Å². The Bertz CT molecular complexity index is 790. The largest absolute Gasteiger partial charge is 0.497 e. The van der Waals surface area contributed by atoms with Gasteiger partial charge in [0.1, 0.15) is 18.0 Å². The van der Waals surface area contributed by atoms with Crippen molar-refractivity contribution in [1.29, 1.82) is 0 Å². The van der Waals surface area contributed by atoms with Crippen LogP contribution in [0.25, 0.3) is 0 Å². The molecule has 5 heteroatoms. The number of methoxy groups -OCH3 is 1. The van der Waals surface area contributed by atoms with Crippen molar-refractivity contribution in [3.05, 3.63) is 65.7 Å². The molecule has 1 heterocycles. The van der Waals surface area contributed by atoms with Gasteiger partial charge in [0, 0.05) is 0 Å². The molecular weight excluding hydrogens is 354 g/mol. The van der Waals surface area contributed by atoms with Crippen molar-refractivity contribution >= 4 is 5.91 Å². The van der Waals surface area contributed by atoms with Crippen molar-refractivity contribution in [2.75, 3.05) is 20.3 Å². The average molecular weight is 383 g/mol. The molecule has 3 rings (SSSR count). The zero-order valence-corrected chi connectivity index (χ0v) is 17.1. The van der Waals surface area contributed by atoms with Crippen LogP contribution in [0.1, 0.15) is 38.0 Å². The van der Waals surface area contributed by atoms with Crippen molar-refractivity contribution in [3.63, 3.8) is 0 Å². The lowest BCUT2D eigenvalue weighted by atomic mass is 9.97. The summed E-state index contributed by atoms with van der Waals surface area (Å²) >= 11 is 0. The van der Waals surface area contributed by atoms with Crippen LogP contribution in [0.4, 0.5) is 0 Å². The van der Waals surface area contributed by atoms with Crippen molar-refractivity contribution in [3.8, 4) is 5.75 Å². The van der Waals surface area contributed by atoms with Crippen molar-refractivity contribution in [1.82, 2.24) is 4.90 Å². The molecule has 0 bridgehead atoms. The maximum Gasteiger partial charge on any atom is 0.252 e. The average Bonchev–Trinajstić information content (AvgIpc) is 2.72. The monoisotopic (exact) mass is 383 g/mol. The summed E-state index contributed by atoms with van der Waals surface area (Å²) in [4.78, 5) is 15.0. The van der Waals surface area contributed by atoms with Crippen molar-refractivity contribution < 1.29 is 19.0 Å². The van der Waals surface area contributed by atoms with Crippen LogP contribution in [-0.2, 0) is 20.9 Å². The van der Waals surface area contributed by atoms with Crippen molar-refractivity contribution in [2.45, 2.75) is 45.1 Å². The minimum absolute atomic E-state index is 0.0165. The lowest BCUT2D eigenvalue weighted by Crippen LogP contribution is -2.58. The minimum atomic E-state index is -0.542. The van der Waals surface area contributed by atoms with E-state index in [0.29, 0.717) is 19.8 Å². The lowest BCUT2D eigenvalue weighted by Gasteiger charge is -2.46. The number of nitrogens with zero attached hydrogens (tertiary/aromatic N) is 1. The number of rotatable bonds is 6. The number of ether oxygens (including phenoxy) is 3. The molecule has 0 spiro atoms. The van der Waals surface area contributed by atoms with E-state index in [4.69, 9.17) is 14.2 Å². The summed E-state index contributed by atoms with van der Waals surface area (Å²) in [5, 5.41) is 0. The van der Waals surface area contributed by atoms with Gasteiger partial charge < -0.3 is 19.1 Å². The Hall–Kier alpha value is -2.37. The summed E-state index contributed by atoms with van der Waals surface area (Å²) in [5.41, 5.74) is 1.68. The van der Waals surface area contributed by atoms with Crippen LogP contribution in [0.3, 0.4) is 0 Å². The van der Waals surface area contributed by atoms with Crippen LogP contribution in [0.5, 0.6) is 5.75 Å². The molecule has 2 aromatic carbocycles. The Morgan fingerprint density at radius 3 is 2.68 bits per heavy atom. The van der Waals surface area contributed by atoms with Gasteiger partial charge in [-0.1, -0.05) is 42.5 Å². The molecule has 0 aromatic heterocycles. The molecule has 0 saturated carbocycles. The van der Waals surface area contributed by atoms with Gasteiger partial charge in [0.2, 0.25) is 0 Å². The highest BCUT2D eigenvalue weighted by Crippen LogP contribution is 2.31. The summed E-state index contributed by atoms with van der Waals surface area (Å²) in [5.74, 6) is 0.761. The van der Waals surface area contributed by atoms with Gasteiger partial charge in [0.15, 0.2) is 0 Å². The first-order chi connectivity index (χ1) is 13.4. The smallest absolute Gasteiger partial charge is 0.252 e. The third-order valence-corrected chi connectivity index (χ3v) is 5.14. The highest BCUT2D eigenvalue weighted by Gasteiger charge is 2.40. The highest BCUT2D eigenvalue weighted by atomic mass is 16.5. The van der Waals surface area contributed by atoms with Crippen LogP contribution < -0.4 is 4.74 Å². The molecule has 0 N–H and O–H groups in total. The molecule has 1 aliphatic rings. The van der Waals surface area contributed by atoms with Gasteiger partial charge in [0.25, 0.3) is 5.91 Å². The van der Waals surface area contributed by atoms with Gasteiger partial charge in [-0.2, -0.15) is 0 Å². The molecule has 1 aliphatic heterocycles. The number of hydrogen-bond acceptors (Lipinski definition) is 4. The molecule has 2 atom stereocenters. The molecule has 1 fully saturated rings. The van der Waals surface area contributed by atoms with Crippen LogP contribution >= 0.6 is 0 Å². The van der Waals surface area contributed by atoms with Gasteiger partial charge in [-0.15, -0.1) is 0 Å². The zero-order chi connectivity index (χ0) is 20.1. The fraction of sp³-hybridized carbons (Fsp3) is 0.435. The second kappa shape index (κ2) is 8.76. The second-order valence-corrected chi connectivity index (χ2v) is 7.78. The molecule has 1 amide bonds. The van der Waals surface area contributed by atoms with Gasteiger partial charge >= 0.3 is 0 Å². The first kappa shape index (κ1) is 20.4. The van der Waals surface area contributed by atoms with Gasteiger partial charge in [0.05, 0.1) is 32.4 Å². The zero-order valence-electron chi connectivity index (χ0n) is 17.1. The summed E-state index contributed by atoms with van der Waals surface area (Å²) < 4.78 is 17.2. The topological polar surface area (TPSA) is 48.0 Å². The van der Waals surface area contributed by atoms with E-state index in [1.165, 1.54) is 0 Å². The predicted molar refractivity (Wildman–Crippen MR) is 108 cm³/mol. The minimum Gasteiger partial charge on any atom is -0.497 e. The number of morpholine rings is 1. The van der Waals surface area contributed by atoms with Gasteiger partial charge in [-0.3, -0.25) is 4.79 Å². The Balaban J connectivity index is 1.66. The molecule has 1 saturated heterocycles. The summed E-state index contributed by atoms with van der Waals surface area (Å²) in [6.45, 7) is 7.23. The number of amides is 1. The molecule has 2 aromatic rings. The first-order valence-electron chi connectivity index (χ1n) is 9.63. The molecule has 2 unspecified atom stereocenters. The molecule has 0 radical (unpaired) electrons. The van der Waals surface area contributed by atoms with Gasteiger partial charge in [-0.25, -0.2) is 0 Å². The fourth-order valence-corrected chi connectivity index (χ4v) is 3.38. The molecule has 0 aliphatic carbocycles. The fourth-order valence-electron chi connectivity index (χ4n) is 3.38. The van der Waals surface area contributed by atoms with E-state index in [2.05, 4.69) is 0 Å². The standard InChI is InChI=1S/C23H29NO4/c1-17(27-15-18-9-8-12-20(13-18)26-4)22(25)24-14-21(28-16-23(24,2)3)19-10-6-5-7-11-19/h5-13,17,21H,14-16H2,1-4H3. The highest BCUT2D eigenvalue weighted by molar-refractivity contribution is 5.81. The summed E-state index contributed by atoms with van der Waals surface area (Å²) in [7, 11) is 1.63. The quantitative estimate of drug-likeness (QED) is 0.757. The third kappa shape index (κ3) is 4.72. The van der Waals surface area contributed by atoms with E-state index in [1.54, 1.807) is 7.11 Å². The van der Waals surface area contributed by atoms with E-state index in [0.717, 1.165) is 16.9 Å². The molecule has 150 valence electrons. The summed E-state index contributed by atoms with van der Waals surface area (Å²) in [6.07, 6.45) is -0.663. The molecular formula is C23H29NO4. The number of benzene rings is 2. The maximum atomic E-state index is 13.2. The molecule has 5 nitrogen and oxygen atoms in total. The Morgan fingerprint density at radius 1 is 1.21 bits per heavy atom. The molecule has 28 heavy (non-hydrogen) atoms. The number of carbonyl (C=O) groups excluding carboxylic acids is 1. The SMILES string of the molecule is COc1cccc(COC(C)C(=O)N2CC(c3ccccc3)OCC2(C)C)c1.